The molecule has 3 nitrogen and oxygen atoms in total. The van der Waals surface area contributed by atoms with Crippen molar-refractivity contribution >= 4 is 21.8 Å². The number of aryl methyl sites for hydroxylation is 2. The first kappa shape index (κ1) is 10.0. The predicted octanol–water partition coefficient (Wildman–Crippen LogP) is 2.64. The fourth-order valence-corrected chi connectivity index (χ4v) is 2.13. The molecule has 1 aromatic heterocycles. The molecule has 0 bridgehead atoms. The van der Waals surface area contributed by atoms with Crippen LogP contribution in [0.4, 0.5) is 0 Å². The average Bonchev–Trinajstić information content (AvgIpc) is 2.29. The molecule has 0 saturated carbocycles. The van der Waals surface area contributed by atoms with Gasteiger partial charge in [0.25, 0.3) is 5.52 Å². The van der Waals surface area contributed by atoms with Gasteiger partial charge in [0.1, 0.15) is 5.52 Å². The molecule has 3 aromatic rings. The molecule has 0 atom stereocenters. The first-order valence-corrected chi connectivity index (χ1v) is 5.56. The highest BCUT2D eigenvalue weighted by Gasteiger charge is 2.11. The smallest absolute Gasteiger partial charge is 0.253 e. The largest absolute Gasteiger partial charge is 0.594 e. The monoisotopic (exact) mass is 224 g/mol. The van der Waals surface area contributed by atoms with E-state index < -0.39 is 0 Å². The summed E-state index contributed by atoms with van der Waals surface area (Å²) < 4.78 is 0. The Labute approximate surface area is 98.9 Å². The Morgan fingerprint density at radius 3 is 2.35 bits per heavy atom. The maximum Gasteiger partial charge on any atom is 0.253 e. The van der Waals surface area contributed by atoms with Gasteiger partial charge in [-0.3, -0.25) is 0 Å². The van der Waals surface area contributed by atoms with E-state index in [1.165, 1.54) is 0 Å². The summed E-state index contributed by atoms with van der Waals surface area (Å²) in [5.74, 6) is 0. The summed E-state index contributed by atoms with van der Waals surface area (Å²) >= 11 is 0. The summed E-state index contributed by atoms with van der Waals surface area (Å²) in [5, 5.41) is 17.9. The van der Waals surface area contributed by atoms with E-state index in [1.54, 1.807) is 0 Å². The van der Waals surface area contributed by atoms with Gasteiger partial charge in [0.05, 0.1) is 5.39 Å². The molecule has 0 aliphatic rings. The Bertz CT molecular complexity index is 735. The molecule has 0 N–H and O–H groups in total. The van der Waals surface area contributed by atoms with Gasteiger partial charge in [-0.25, -0.2) is 0 Å². The summed E-state index contributed by atoms with van der Waals surface area (Å²) in [6.07, 6.45) is 0. The Kier molecular flexibility index (Phi) is 2.01. The van der Waals surface area contributed by atoms with Crippen molar-refractivity contribution in [3.8, 4) is 0 Å². The number of hydrogen-bond acceptors (Lipinski definition) is 2. The first-order chi connectivity index (χ1) is 8.15. The quantitative estimate of drug-likeness (QED) is 0.334. The maximum atomic E-state index is 11.9. The molecule has 0 unspecified atom stereocenters. The molecule has 0 spiro atoms. The molecular weight excluding hydrogens is 212 g/mol. The van der Waals surface area contributed by atoms with Gasteiger partial charge in [-0.2, -0.15) is 0 Å². The number of fused-ring (bicyclic) bond motifs is 3. The van der Waals surface area contributed by atoms with Gasteiger partial charge in [0.2, 0.25) is 0 Å². The van der Waals surface area contributed by atoms with Gasteiger partial charge < -0.3 is 5.21 Å². The predicted molar refractivity (Wildman–Crippen MR) is 67.7 cm³/mol. The summed E-state index contributed by atoms with van der Waals surface area (Å²) in [6, 6.07) is 11.9. The average molecular weight is 224 g/mol. The fraction of sp³-hybridized carbons (Fsp3) is 0.143. The van der Waals surface area contributed by atoms with Crippen molar-refractivity contribution in [2.75, 3.05) is 0 Å². The third-order valence-corrected chi connectivity index (χ3v) is 3.00. The molecule has 3 rings (SSSR count). The van der Waals surface area contributed by atoms with Crippen molar-refractivity contribution < 1.29 is 4.85 Å². The number of nitrogens with zero attached hydrogens (tertiary/aromatic N) is 2. The van der Waals surface area contributed by atoms with Gasteiger partial charge in [0, 0.05) is 16.6 Å². The van der Waals surface area contributed by atoms with Crippen molar-refractivity contribution in [1.29, 1.82) is 0 Å². The van der Waals surface area contributed by atoms with Crippen LogP contribution in [-0.2, 0) is 0 Å². The maximum absolute atomic E-state index is 11.9. The Morgan fingerprint density at radius 2 is 1.59 bits per heavy atom. The lowest BCUT2D eigenvalue weighted by atomic mass is 10.1. The van der Waals surface area contributed by atoms with E-state index in [0.29, 0.717) is 10.4 Å². The van der Waals surface area contributed by atoms with Crippen LogP contribution in [0.5, 0.6) is 0 Å². The fourth-order valence-electron chi connectivity index (χ4n) is 2.13. The highest BCUT2D eigenvalue weighted by atomic mass is 16.5. The van der Waals surface area contributed by atoms with Crippen molar-refractivity contribution in [2.24, 2.45) is 0 Å². The minimum atomic E-state index is 0.626. The molecule has 1 heterocycles. The Balaban J connectivity index is 2.55. The second-order valence-electron chi connectivity index (χ2n) is 4.41. The SMILES string of the molecule is Cc1ccc2c(c1)n[n+]([O-])c1cc(C)ccc21. The summed E-state index contributed by atoms with van der Waals surface area (Å²) in [6.45, 7) is 3.97. The van der Waals surface area contributed by atoms with Crippen LogP contribution in [0.3, 0.4) is 0 Å². The van der Waals surface area contributed by atoms with Crippen LogP contribution in [0.1, 0.15) is 11.1 Å². The van der Waals surface area contributed by atoms with Crippen LogP contribution in [0, 0.1) is 19.1 Å². The van der Waals surface area contributed by atoms with E-state index in [1.807, 2.05) is 50.2 Å². The van der Waals surface area contributed by atoms with Crippen molar-refractivity contribution in [2.45, 2.75) is 13.8 Å². The first-order valence-electron chi connectivity index (χ1n) is 5.56. The van der Waals surface area contributed by atoms with Gasteiger partial charge in [-0.05, 0) is 42.0 Å². The van der Waals surface area contributed by atoms with Crippen LogP contribution < -0.4 is 4.85 Å². The van der Waals surface area contributed by atoms with Crippen molar-refractivity contribution in [1.82, 2.24) is 5.10 Å². The van der Waals surface area contributed by atoms with Crippen LogP contribution in [0.15, 0.2) is 36.4 Å². The number of benzene rings is 2. The molecular formula is C14H12N2O. The number of aromatic nitrogens is 2. The zero-order chi connectivity index (χ0) is 12.0. The highest BCUT2D eigenvalue weighted by molar-refractivity contribution is 6.02. The van der Waals surface area contributed by atoms with Crippen molar-refractivity contribution in [3.63, 3.8) is 0 Å². The van der Waals surface area contributed by atoms with E-state index in [-0.39, 0.29) is 0 Å². The van der Waals surface area contributed by atoms with E-state index in [2.05, 4.69) is 5.10 Å². The lowest BCUT2D eigenvalue weighted by molar-refractivity contribution is -0.639. The third-order valence-electron chi connectivity index (χ3n) is 3.00. The minimum Gasteiger partial charge on any atom is -0.594 e. The van der Waals surface area contributed by atoms with Crippen molar-refractivity contribution in [3.05, 3.63) is 52.7 Å². The molecule has 3 heteroatoms. The summed E-state index contributed by atoms with van der Waals surface area (Å²) in [7, 11) is 0. The van der Waals surface area contributed by atoms with Gasteiger partial charge in [-0.1, -0.05) is 18.2 Å². The molecule has 0 aliphatic carbocycles. The zero-order valence-corrected chi connectivity index (χ0v) is 9.77. The van der Waals surface area contributed by atoms with E-state index >= 15 is 0 Å². The summed E-state index contributed by atoms with van der Waals surface area (Å²) in [5.41, 5.74) is 3.55. The molecule has 2 aromatic carbocycles. The Hall–Kier alpha value is -2.16. The molecule has 0 amide bonds. The van der Waals surface area contributed by atoms with Crippen LogP contribution in [0.2, 0.25) is 0 Å². The summed E-state index contributed by atoms with van der Waals surface area (Å²) in [4.78, 5) is 0.712. The van der Waals surface area contributed by atoms with Gasteiger partial charge in [0.15, 0.2) is 0 Å². The highest BCUT2D eigenvalue weighted by Crippen LogP contribution is 2.22. The molecule has 0 saturated heterocycles. The second kappa shape index (κ2) is 3.42. The normalized spacial score (nSPS) is 11.2. The van der Waals surface area contributed by atoms with Crippen LogP contribution >= 0.6 is 0 Å². The van der Waals surface area contributed by atoms with E-state index in [0.717, 1.165) is 27.4 Å². The molecule has 17 heavy (non-hydrogen) atoms. The van der Waals surface area contributed by atoms with Crippen LogP contribution in [0.25, 0.3) is 21.8 Å². The van der Waals surface area contributed by atoms with Crippen LogP contribution in [-0.4, -0.2) is 5.10 Å². The topological polar surface area (TPSA) is 39.8 Å². The molecule has 0 aliphatic heterocycles. The minimum absolute atomic E-state index is 0.626. The lowest BCUT2D eigenvalue weighted by Gasteiger charge is -2.04. The zero-order valence-electron chi connectivity index (χ0n) is 9.77. The Morgan fingerprint density at radius 1 is 0.941 bits per heavy atom. The van der Waals surface area contributed by atoms with Gasteiger partial charge in [-0.15, -0.1) is 0 Å². The van der Waals surface area contributed by atoms with E-state index in [4.69, 9.17) is 0 Å². The third kappa shape index (κ3) is 1.51. The van der Waals surface area contributed by atoms with Gasteiger partial charge >= 0.3 is 0 Å². The molecule has 0 fully saturated rings. The van der Waals surface area contributed by atoms with E-state index in [9.17, 15) is 5.21 Å². The second-order valence-corrected chi connectivity index (χ2v) is 4.41. The lowest BCUT2D eigenvalue weighted by Crippen LogP contribution is -2.31. The molecule has 84 valence electrons. The number of hydrogen-bond donors (Lipinski definition) is 0. The molecule has 0 radical (unpaired) electrons. The number of rotatable bonds is 0. The standard InChI is InChI=1S/C14H12N2O/c1-9-3-5-11-12-6-4-10(2)8-14(12)16(17)15-13(11)7-9/h3-8H,1-2H3.